The van der Waals surface area contributed by atoms with Gasteiger partial charge in [-0.3, -0.25) is 0 Å². The fourth-order valence-corrected chi connectivity index (χ4v) is 1.58. The van der Waals surface area contributed by atoms with E-state index in [9.17, 15) is 13.2 Å². The van der Waals surface area contributed by atoms with Gasteiger partial charge in [0.05, 0.1) is 23.2 Å². The van der Waals surface area contributed by atoms with Crippen LogP contribution in [0.4, 0.5) is 19.0 Å². The standard InChI is InChI=1S/C11H14ClF3N2O/c1-3-8(6-18-2)17-10-9(12)4-7(5-16-10)11(13,14)15/h4-5,8H,3,6H2,1-2H3,(H,16,17). The zero-order valence-electron chi connectivity index (χ0n) is 10.0. The normalized spacial score (nSPS) is 13.4. The van der Waals surface area contributed by atoms with Crippen LogP contribution in [0.2, 0.25) is 5.02 Å². The Morgan fingerprint density at radius 3 is 2.61 bits per heavy atom. The number of hydrogen-bond donors (Lipinski definition) is 1. The van der Waals surface area contributed by atoms with Crippen LogP contribution in [0.1, 0.15) is 18.9 Å². The maximum absolute atomic E-state index is 12.4. The van der Waals surface area contributed by atoms with E-state index in [0.29, 0.717) is 6.61 Å². The molecule has 0 aliphatic rings. The van der Waals surface area contributed by atoms with Gasteiger partial charge < -0.3 is 10.1 Å². The predicted octanol–water partition coefficient (Wildman–Crippen LogP) is 3.59. The van der Waals surface area contributed by atoms with Gasteiger partial charge in [-0.15, -0.1) is 0 Å². The minimum absolute atomic E-state index is 0.0447. The van der Waals surface area contributed by atoms with E-state index in [4.69, 9.17) is 16.3 Å². The van der Waals surface area contributed by atoms with Gasteiger partial charge in [-0.05, 0) is 12.5 Å². The van der Waals surface area contributed by atoms with Gasteiger partial charge >= 0.3 is 6.18 Å². The van der Waals surface area contributed by atoms with Crippen molar-refractivity contribution < 1.29 is 17.9 Å². The molecule has 0 fully saturated rings. The van der Waals surface area contributed by atoms with Crippen molar-refractivity contribution in [1.29, 1.82) is 0 Å². The fourth-order valence-electron chi connectivity index (χ4n) is 1.36. The van der Waals surface area contributed by atoms with Crippen molar-refractivity contribution in [2.24, 2.45) is 0 Å². The van der Waals surface area contributed by atoms with Crippen molar-refractivity contribution in [3.8, 4) is 0 Å². The van der Waals surface area contributed by atoms with E-state index < -0.39 is 11.7 Å². The Morgan fingerprint density at radius 1 is 1.50 bits per heavy atom. The van der Waals surface area contributed by atoms with Gasteiger partial charge in [0.25, 0.3) is 0 Å². The summed E-state index contributed by atoms with van der Waals surface area (Å²) >= 11 is 5.77. The average Bonchev–Trinajstić information content (AvgIpc) is 2.29. The van der Waals surface area contributed by atoms with Crippen molar-refractivity contribution in [2.45, 2.75) is 25.6 Å². The lowest BCUT2D eigenvalue weighted by molar-refractivity contribution is -0.137. The number of nitrogens with one attached hydrogen (secondary N) is 1. The van der Waals surface area contributed by atoms with E-state index in [1.165, 1.54) is 0 Å². The molecule has 0 spiro atoms. The average molecular weight is 283 g/mol. The molecule has 7 heteroatoms. The summed E-state index contributed by atoms with van der Waals surface area (Å²) in [4.78, 5) is 3.70. The zero-order chi connectivity index (χ0) is 13.8. The van der Waals surface area contributed by atoms with Crippen LogP contribution in [0, 0.1) is 0 Å². The van der Waals surface area contributed by atoms with Crippen LogP contribution < -0.4 is 5.32 Å². The molecular weight excluding hydrogens is 269 g/mol. The topological polar surface area (TPSA) is 34.1 Å². The minimum Gasteiger partial charge on any atom is -0.383 e. The third kappa shape index (κ3) is 4.03. The summed E-state index contributed by atoms with van der Waals surface area (Å²) in [6.07, 6.45) is -2.94. The molecule has 1 aromatic rings. The number of methoxy groups -OCH3 is 1. The van der Waals surface area contributed by atoms with E-state index in [-0.39, 0.29) is 16.9 Å². The number of anilines is 1. The van der Waals surface area contributed by atoms with Crippen LogP contribution in [0.15, 0.2) is 12.3 Å². The molecule has 102 valence electrons. The molecule has 1 heterocycles. The van der Waals surface area contributed by atoms with Crippen LogP contribution in [0.5, 0.6) is 0 Å². The van der Waals surface area contributed by atoms with E-state index in [0.717, 1.165) is 18.7 Å². The molecule has 1 aromatic heterocycles. The Labute approximate surface area is 108 Å². The fraction of sp³-hybridized carbons (Fsp3) is 0.545. The van der Waals surface area contributed by atoms with Crippen LogP contribution in [0.3, 0.4) is 0 Å². The van der Waals surface area contributed by atoms with Crippen molar-refractivity contribution in [1.82, 2.24) is 4.98 Å². The highest BCUT2D eigenvalue weighted by Crippen LogP contribution is 2.32. The molecule has 3 nitrogen and oxygen atoms in total. The van der Waals surface area contributed by atoms with Crippen LogP contribution in [-0.4, -0.2) is 24.7 Å². The number of halogens is 4. The van der Waals surface area contributed by atoms with Crippen molar-refractivity contribution in [3.63, 3.8) is 0 Å². The van der Waals surface area contributed by atoms with E-state index in [1.807, 2.05) is 6.92 Å². The van der Waals surface area contributed by atoms with Crippen molar-refractivity contribution >= 4 is 17.4 Å². The minimum atomic E-state index is -4.44. The number of aromatic nitrogens is 1. The smallest absolute Gasteiger partial charge is 0.383 e. The van der Waals surface area contributed by atoms with Gasteiger partial charge in [-0.2, -0.15) is 13.2 Å². The predicted molar refractivity (Wildman–Crippen MR) is 63.8 cm³/mol. The molecule has 18 heavy (non-hydrogen) atoms. The Kier molecular flexibility index (Phi) is 5.22. The Balaban J connectivity index is 2.85. The molecule has 0 saturated carbocycles. The first-order valence-corrected chi connectivity index (χ1v) is 5.74. The van der Waals surface area contributed by atoms with Crippen LogP contribution >= 0.6 is 11.6 Å². The lowest BCUT2D eigenvalue weighted by Gasteiger charge is -2.18. The summed E-state index contributed by atoms with van der Waals surface area (Å²) < 4.78 is 42.2. The summed E-state index contributed by atoms with van der Waals surface area (Å²) in [5.74, 6) is 0.230. The lowest BCUT2D eigenvalue weighted by atomic mass is 10.2. The summed E-state index contributed by atoms with van der Waals surface area (Å²) in [7, 11) is 1.55. The molecule has 0 radical (unpaired) electrons. The third-order valence-corrected chi connectivity index (χ3v) is 2.66. The molecule has 1 unspecified atom stereocenters. The summed E-state index contributed by atoms with van der Waals surface area (Å²) in [5, 5.41) is 2.89. The van der Waals surface area contributed by atoms with Gasteiger partial charge in [-0.25, -0.2) is 4.98 Å². The second-order valence-electron chi connectivity index (χ2n) is 3.76. The number of hydrogen-bond acceptors (Lipinski definition) is 3. The van der Waals surface area contributed by atoms with Gasteiger partial charge in [0.1, 0.15) is 5.82 Å². The summed E-state index contributed by atoms with van der Waals surface area (Å²) in [5.41, 5.74) is -0.863. The highest BCUT2D eigenvalue weighted by molar-refractivity contribution is 6.33. The zero-order valence-corrected chi connectivity index (χ0v) is 10.8. The third-order valence-electron chi connectivity index (χ3n) is 2.37. The highest BCUT2D eigenvalue weighted by atomic mass is 35.5. The second-order valence-corrected chi connectivity index (χ2v) is 4.16. The maximum Gasteiger partial charge on any atom is 0.417 e. The molecule has 0 bridgehead atoms. The first kappa shape index (κ1) is 15.0. The maximum atomic E-state index is 12.4. The van der Waals surface area contributed by atoms with Gasteiger partial charge in [0.2, 0.25) is 0 Å². The second kappa shape index (κ2) is 6.24. The summed E-state index contributed by atoms with van der Waals surface area (Å²) in [6.45, 7) is 2.35. The molecule has 0 saturated heterocycles. The molecule has 0 aliphatic carbocycles. The highest BCUT2D eigenvalue weighted by Gasteiger charge is 2.31. The van der Waals surface area contributed by atoms with Crippen molar-refractivity contribution in [2.75, 3.05) is 19.0 Å². The Morgan fingerprint density at radius 2 is 2.17 bits per heavy atom. The van der Waals surface area contributed by atoms with E-state index in [1.54, 1.807) is 7.11 Å². The first-order valence-electron chi connectivity index (χ1n) is 5.36. The summed E-state index contributed by atoms with van der Waals surface area (Å²) in [6, 6.07) is 0.813. The molecule has 1 atom stereocenters. The number of ether oxygens (including phenoxy) is 1. The van der Waals surface area contributed by atoms with E-state index in [2.05, 4.69) is 10.3 Å². The number of rotatable bonds is 5. The number of pyridine rings is 1. The van der Waals surface area contributed by atoms with Crippen LogP contribution in [0.25, 0.3) is 0 Å². The first-order chi connectivity index (χ1) is 8.38. The largest absolute Gasteiger partial charge is 0.417 e. The van der Waals surface area contributed by atoms with Crippen LogP contribution in [-0.2, 0) is 10.9 Å². The molecule has 0 amide bonds. The lowest BCUT2D eigenvalue weighted by Crippen LogP contribution is -2.24. The quantitative estimate of drug-likeness (QED) is 0.896. The molecule has 0 aromatic carbocycles. The number of alkyl halides is 3. The monoisotopic (exact) mass is 282 g/mol. The number of nitrogens with zero attached hydrogens (tertiary/aromatic N) is 1. The van der Waals surface area contributed by atoms with Gasteiger partial charge in [0.15, 0.2) is 0 Å². The molecule has 1 rings (SSSR count). The molecular formula is C11H14ClF3N2O. The Hall–Kier alpha value is -1.01. The van der Waals surface area contributed by atoms with Gasteiger partial charge in [-0.1, -0.05) is 18.5 Å². The Bertz CT molecular complexity index is 398. The van der Waals surface area contributed by atoms with E-state index >= 15 is 0 Å². The molecule has 1 N–H and O–H groups in total. The SMILES string of the molecule is CCC(COC)Nc1ncc(C(F)(F)F)cc1Cl. The van der Waals surface area contributed by atoms with Crippen molar-refractivity contribution in [3.05, 3.63) is 22.8 Å². The molecule has 0 aliphatic heterocycles. The van der Waals surface area contributed by atoms with Gasteiger partial charge in [0, 0.05) is 13.3 Å².